The molecule has 1 heterocycles. The van der Waals surface area contributed by atoms with Crippen LogP contribution in [0.3, 0.4) is 0 Å². The van der Waals surface area contributed by atoms with E-state index in [9.17, 15) is 10.1 Å². The Bertz CT molecular complexity index is 801. The summed E-state index contributed by atoms with van der Waals surface area (Å²) in [5.41, 5.74) is 0.709. The number of benzene rings is 2. The minimum Gasteiger partial charge on any atom is -0.464 e. The molecule has 2 aromatic carbocycles. The highest BCUT2D eigenvalue weighted by Gasteiger charge is 2.13. The van der Waals surface area contributed by atoms with Crippen LogP contribution < -0.4 is 0 Å². The van der Waals surface area contributed by atoms with Crippen LogP contribution in [-0.2, 0) is 0 Å². The second kappa shape index (κ2) is 6.25. The third-order valence-corrected chi connectivity index (χ3v) is 4.19. The van der Waals surface area contributed by atoms with E-state index in [1.165, 1.54) is 17.8 Å². The number of hydrogen-bond donors (Lipinski definition) is 0. The Balaban J connectivity index is 1.99. The van der Waals surface area contributed by atoms with Crippen molar-refractivity contribution in [3.05, 3.63) is 76.0 Å². The number of rotatable bonds is 4. The average Bonchev–Trinajstić information content (AvgIpc) is 3.04. The summed E-state index contributed by atoms with van der Waals surface area (Å²) in [4.78, 5) is 12.4. The maximum absolute atomic E-state index is 11.1. The molecule has 0 N–H and O–H groups in total. The van der Waals surface area contributed by atoms with Gasteiger partial charge in [0.15, 0.2) is 0 Å². The van der Waals surface area contributed by atoms with Crippen LogP contribution in [0.1, 0.15) is 0 Å². The summed E-state index contributed by atoms with van der Waals surface area (Å²) in [6, 6.07) is 15.8. The fourth-order valence-electron chi connectivity index (χ4n) is 1.97. The third-order valence-electron chi connectivity index (χ3n) is 2.96. The van der Waals surface area contributed by atoms with E-state index in [2.05, 4.69) is 0 Å². The van der Waals surface area contributed by atoms with Gasteiger partial charge in [0.2, 0.25) is 0 Å². The van der Waals surface area contributed by atoms with Gasteiger partial charge in [0.25, 0.3) is 5.69 Å². The van der Waals surface area contributed by atoms with Gasteiger partial charge >= 0.3 is 0 Å². The first-order valence-electron chi connectivity index (χ1n) is 6.38. The molecule has 4 nitrogen and oxygen atoms in total. The van der Waals surface area contributed by atoms with Gasteiger partial charge in [-0.3, -0.25) is 10.1 Å². The van der Waals surface area contributed by atoms with E-state index in [1.54, 1.807) is 36.6 Å². The van der Waals surface area contributed by atoms with Gasteiger partial charge in [-0.05, 0) is 42.5 Å². The van der Waals surface area contributed by atoms with Crippen molar-refractivity contribution in [2.45, 2.75) is 9.79 Å². The molecule has 3 aromatic rings. The van der Waals surface area contributed by atoms with Crippen molar-refractivity contribution in [3.8, 4) is 11.3 Å². The molecule has 0 saturated heterocycles. The normalized spacial score (nSPS) is 10.6. The zero-order chi connectivity index (χ0) is 15.5. The largest absolute Gasteiger partial charge is 0.464 e. The zero-order valence-corrected chi connectivity index (χ0v) is 12.8. The molecule has 1 aromatic heterocycles. The quantitative estimate of drug-likeness (QED) is 0.457. The van der Waals surface area contributed by atoms with Crippen LogP contribution in [0.2, 0.25) is 5.02 Å². The Labute approximate surface area is 135 Å². The number of halogens is 1. The summed E-state index contributed by atoms with van der Waals surface area (Å²) < 4.78 is 5.33. The predicted molar refractivity (Wildman–Crippen MR) is 86.4 cm³/mol. The van der Waals surface area contributed by atoms with Gasteiger partial charge in [0, 0.05) is 32.5 Å². The summed E-state index contributed by atoms with van der Waals surface area (Å²) in [7, 11) is 0. The van der Waals surface area contributed by atoms with Crippen molar-refractivity contribution in [2.75, 3.05) is 0 Å². The molecule has 0 radical (unpaired) electrons. The molecule has 22 heavy (non-hydrogen) atoms. The van der Waals surface area contributed by atoms with Gasteiger partial charge in [-0.2, -0.15) is 0 Å². The number of furan rings is 1. The number of hydrogen-bond acceptors (Lipinski definition) is 4. The first-order chi connectivity index (χ1) is 10.6. The van der Waals surface area contributed by atoms with Crippen molar-refractivity contribution >= 4 is 29.1 Å². The first kappa shape index (κ1) is 14.7. The van der Waals surface area contributed by atoms with Crippen LogP contribution in [0.15, 0.2) is 75.1 Å². The second-order valence-electron chi connectivity index (χ2n) is 4.51. The van der Waals surface area contributed by atoms with Crippen LogP contribution in [0.4, 0.5) is 5.69 Å². The van der Waals surface area contributed by atoms with Crippen molar-refractivity contribution in [1.82, 2.24) is 0 Å². The van der Waals surface area contributed by atoms with Gasteiger partial charge < -0.3 is 4.42 Å². The van der Waals surface area contributed by atoms with Gasteiger partial charge in [-0.15, -0.1) is 0 Å². The molecule has 0 saturated carbocycles. The van der Waals surface area contributed by atoms with Crippen LogP contribution in [-0.4, -0.2) is 4.92 Å². The molecule has 0 fully saturated rings. The van der Waals surface area contributed by atoms with E-state index in [0.29, 0.717) is 16.3 Å². The minimum atomic E-state index is -0.404. The lowest BCUT2D eigenvalue weighted by molar-refractivity contribution is -0.385. The standard InChI is InChI=1S/C16H10ClNO3S/c17-12-3-5-14(6-4-12)22-15-9-11(16-2-1-7-21-16)8-13(10-15)18(19)20/h1-10H. The Kier molecular flexibility index (Phi) is 4.18. The lowest BCUT2D eigenvalue weighted by Crippen LogP contribution is -1.89. The maximum atomic E-state index is 11.1. The first-order valence-corrected chi connectivity index (χ1v) is 7.58. The van der Waals surface area contributed by atoms with Crippen LogP contribution >= 0.6 is 23.4 Å². The van der Waals surface area contributed by atoms with Crippen LogP contribution in [0, 0.1) is 10.1 Å². The van der Waals surface area contributed by atoms with E-state index in [1.807, 2.05) is 18.2 Å². The van der Waals surface area contributed by atoms with Gasteiger partial charge in [-0.25, -0.2) is 0 Å². The summed E-state index contributed by atoms with van der Waals surface area (Å²) in [6.07, 6.45) is 1.54. The van der Waals surface area contributed by atoms with Gasteiger partial charge in [-0.1, -0.05) is 23.4 Å². The molecule has 110 valence electrons. The molecule has 0 aliphatic carbocycles. The lowest BCUT2D eigenvalue weighted by Gasteiger charge is -2.05. The summed E-state index contributed by atoms with van der Waals surface area (Å²) in [6.45, 7) is 0. The molecular weight excluding hydrogens is 322 g/mol. The summed E-state index contributed by atoms with van der Waals surface area (Å²) in [5, 5.41) is 11.8. The highest BCUT2D eigenvalue weighted by molar-refractivity contribution is 7.99. The molecule has 0 atom stereocenters. The molecule has 6 heteroatoms. The highest BCUT2D eigenvalue weighted by Crippen LogP contribution is 2.35. The minimum absolute atomic E-state index is 0.0327. The van der Waals surface area contributed by atoms with Crippen molar-refractivity contribution in [1.29, 1.82) is 0 Å². The smallest absolute Gasteiger partial charge is 0.271 e. The van der Waals surface area contributed by atoms with Crippen molar-refractivity contribution in [2.24, 2.45) is 0 Å². The van der Waals surface area contributed by atoms with Gasteiger partial charge in [0.1, 0.15) is 5.76 Å². The molecular formula is C16H10ClNO3S. The summed E-state index contributed by atoms with van der Waals surface area (Å²) >= 11 is 7.30. The Hall–Kier alpha value is -2.24. The van der Waals surface area contributed by atoms with E-state index in [-0.39, 0.29) is 5.69 Å². The maximum Gasteiger partial charge on any atom is 0.271 e. The fourth-order valence-corrected chi connectivity index (χ4v) is 3.01. The molecule has 3 rings (SSSR count). The second-order valence-corrected chi connectivity index (χ2v) is 6.09. The number of nitro groups is 1. The van der Waals surface area contributed by atoms with E-state index < -0.39 is 4.92 Å². The van der Waals surface area contributed by atoms with Crippen LogP contribution in [0.25, 0.3) is 11.3 Å². The molecule has 0 bridgehead atoms. The van der Waals surface area contributed by atoms with E-state index in [4.69, 9.17) is 16.0 Å². The van der Waals surface area contributed by atoms with Crippen molar-refractivity contribution < 1.29 is 9.34 Å². The average molecular weight is 332 g/mol. The van der Waals surface area contributed by atoms with Crippen LogP contribution in [0.5, 0.6) is 0 Å². The van der Waals surface area contributed by atoms with Crippen molar-refractivity contribution in [3.63, 3.8) is 0 Å². The van der Waals surface area contributed by atoms with Gasteiger partial charge in [0.05, 0.1) is 11.2 Å². The molecule has 0 aliphatic heterocycles. The fraction of sp³-hybridized carbons (Fsp3) is 0. The molecule has 0 aliphatic rings. The van der Waals surface area contributed by atoms with E-state index >= 15 is 0 Å². The Morgan fingerprint density at radius 3 is 2.45 bits per heavy atom. The third kappa shape index (κ3) is 3.32. The predicted octanol–water partition coefficient (Wildman–Crippen LogP) is 5.66. The number of nitrogens with zero attached hydrogens (tertiary/aromatic N) is 1. The highest BCUT2D eigenvalue weighted by atomic mass is 35.5. The Morgan fingerprint density at radius 2 is 1.82 bits per heavy atom. The molecule has 0 amide bonds. The topological polar surface area (TPSA) is 56.3 Å². The SMILES string of the molecule is O=[N+]([O-])c1cc(Sc2ccc(Cl)cc2)cc(-c2ccco2)c1. The number of non-ortho nitro benzene ring substituents is 1. The molecule has 0 unspecified atom stereocenters. The summed E-state index contributed by atoms with van der Waals surface area (Å²) in [5.74, 6) is 0.599. The molecule has 0 spiro atoms. The monoisotopic (exact) mass is 331 g/mol. The van der Waals surface area contributed by atoms with E-state index in [0.717, 1.165) is 9.79 Å². The number of nitro benzene ring substituents is 1. The Morgan fingerprint density at radius 1 is 1.05 bits per heavy atom. The lowest BCUT2D eigenvalue weighted by atomic mass is 10.1. The zero-order valence-electron chi connectivity index (χ0n) is 11.2.